The van der Waals surface area contributed by atoms with Gasteiger partial charge in [-0.1, -0.05) is 39.9 Å². The Morgan fingerprint density at radius 3 is 1.43 bits per heavy atom. The van der Waals surface area contributed by atoms with Crippen molar-refractivity contribution in [2.24, 2.45) is 0 Å². The first-order valence-corrected chi connectivity index (χ1v) is 11.6. The second-order valence-electron chi connectivity index (χ2n) is 7.06. The molecule has 2 radical (unpaired) electrons. The summed E-state index contributed by atoms with van der Waals surface area (Å²) < 4.78 is 0. The minimum atomic E-state index is -0.250. The van der Waals surface area contributed by atoms with Gasteiger partial charge < -0.3 is 5.73 Å². The van der Waals surface area contributed by atoms with E-state index >= 15 is 0 Å². The molecule has 0 aliphatic carbocycles. The van der Waals surface area contributed by atoms with Crippen LogP contribution in [0.5, 0.6) is 0 Å². The molecule has 0 aromatic heterocycles. The molecule has 30 heavy (non-hydrogen) atoms. The molecular formula is C27H33NSiTi. The molecule has 0 heterocycles. The van der Waals surface area contributed by atoms with E-state index in [2.05, 4.69) is 67.7 Å². The summed E-state index contributed by atoms with van der Waals surface area (Å²) in [4.78, 5) is 0. The third kappa shape index (κ3) is 22.5. The number of fused-ring (bicyclic) bond motifs is 1. The first-order chi connectivity index (χ1) is 13.9. The van der Waals surface area contributed by atoms with Crippen molar-refractivity contribution in [1.82, 2.24) is 0 Å². The molecule has 0 spiro atoms. The Morgan fingerprint density at radius 1 is 0.733 bits per heavy atom. The Bertz CT molecular complexity index is 687. The quantitative estimate of drug-likeness (QED) is 0.192. The van der Waals surface area contributed by atoms with E-state index in [4.69, 9.17) is 5.73 Å². The van der Waals surface area contributed by atoms with Gasteiger partial charge in [-0.05, 0) is 0 Å². The van der Waals surface area contributed by atoms with Crippen LogP contribution in [0.2, 0.25) is 13.1 Å². The second-order valence-corrected chi connectivity index (χ2v) is 8.06. The fourth-order valence-electron chi connectivity index (χ4n) is 1.75. The SMILES string of the molecule is CC(C)(C)[NH-].C[Si]C.[Ti+4].[c-]1ccccc1.[c-]1ccccc1.c1ccc2[cH-]ccc2c1. The number of hydrogen-bond donors (Lipinski definition) is 0. The summed E-state index contributed by atoms with van der Waals surface area (Å²) in [6, 6.07) is 39.7. The van der Waals surface area contributed by atoms with Crippen molar-refractivity contribution in [2.75, 3.05) is 0 Å². The summed E-state index contributed by atoms with van der Waals surface area (Å²) in [6.45, 7) is 9.87. The Balaban J connectivity index is 0. The molecule has 1 N–H and O–H groups in total. The Morgan fingerprint density at radius 2 is 1.13 bits per heavy atom. The maximum absolute atomic E-state index is 6.94. The number of hydrogen-bond acceptors (Lipinski definition) is 0. The van der Waals surface area contributed by atoms with Gasteiger partial charge in [-0.25, -0.2) is 0 Å². The van der Waals surface area contributed by atoms with E-state index in [9.17, 15) is 0 Å². The van der Waals surface area contributed by atoms with Gasteiger partial charge in [0.1, 0.15) is 0 Å². The van der Waals surface area contributed by atoms with Crippen molar-refractivity contribution in [3.63, 3.8) is 0 Å². The Hall–Kier alpha value is -1.84. The zero-order valence-corrected chi connectivity index (χ0v) is 21.4. The second kappa shape index (κ2) is 20.4. The Labute approximate surface area is 201 Å². The summed E-state index contributed by atoms with van der Waals surface area (Å²) in [5, 5.41) is 2.66. The Kier molecular flexibility index (Phi) is 20.7. The minimum Gasteiger partial charge on any atom is -0.673 e. The first kappa shape index (κ1) is 30.4. The standard InChI is InChI=1S/C9H7.2C6H5.C4H10N.C2H6Si.Ti/c1-2-5-9-7-3-6-8(9)4-1;2*1-2-4-6-5-3-1;1-4(2,3)5;1-3-2;/h1-7H;2*1-5H;5H,1-3H3;1-2H3;/q4*-1;;+4. The van der Waals surface area contributed by atoms with Gasteiger partial charge in [0.25, 0.3) is 0 Å². The number of nitrogens with one attached hydrogen (secondary N) is 1. The third-order valence-electron chi connectivity index (χ3n) is 2.76. The van der Waals surface area contributed by atoms with Crippen LogP contribution in [-0.4, -0.2) is 15.1 Å². The summed E-state index contributed by atoms with van der Waals surface area (Å²) in [6.07, 6.45) is 0. The van der Waals surface area contributed by atoms with Crippen molar-refractivity contribution >= 4 is 20.3 Å². The summed E-state index contributed by atoms with van der Waals surface area (Å²) in [5.41, 5.74) is 6.69. The zero-order chi connectivity index (χ0) is 21.8. The van der Waals surface area contributed by atoms with Gasteiger partial charge in [0.05, 0.1) is 0 Å². The van der Waals surface area contributed by atoms with Crippen molar-refractivity contribution in [3.05, 3.63) is 121 Å². The van der Waals surface area contributed by atoms with Crippen LogP contribution in [0.3, 0.4) is 0 Å². The smallest absolute Gasteiger partial charge is 0.673 e. The molecule has 4 rings (SSSR count). The molecule has 0 bridgehead atoms. The van der Waals surface area contributed by atoms with E-state index in [0.717, 1.165) is 9.52 Å². The molecule has 0 fully saturated rings. The topological polar surface area (TPSA) is 23.8 Å². The van der Waals surface area contributed by atoms with Gasteiger partial charge in [0.2, 0.25) is 0 Å². The molecule has 0 saturated heterocycles. The van der Waals surface area contributed by atoms with E-state index in [1.165, 1.54) is 10.8 Å². The van der Waals surface area contributed by atoms with Crippen LogP contribution >= 0.6 is 0 Å². The van der Waals surface area contributed by atoms with Crippen molar-refractivity contribution in [3.8, 4) is 0 Å². The molecule has 0 amide bonds. The van der Waals surface area contributed by atoms with Crippen molar-refractivity contribution in [1.29, 1.82) is 0 Å². The zero-order valence-electron chi connectivity index (χ0n) is 18.8. The molecule has 3 heteroatoms. The molecule has 0 atom stereocenters. The summed E-state index contributed by atoms with van der Waals surface area (Å²) in [5.74, 6) is 0. The minimum absolute atomic E-state index is 0. The van der Waals surface area contributed by atoms with E-state index in [0.29, 0.717) is 0 Å². The number of benzene rings is 3. The normalized spacial score (nSPS) is 8.87. The van der Waals surface area contributed by atoms with Crippen LogP contribution in [0.4, 0.5) is 0 Å². The van der Waals surface area contributed by atoms with Crippen molar-refractivity contribution < 1.29 is 21.7 Å². The monoisotopic (exact) mass is 447 g/mol. The maximum atomic E-state index is 6.94. The van der Waals surface area contributed by atoms with Gasteiger partial charge >= 0.3 is 21.7 Å². The van der Waals surface area contributed by atoms with Crippen LogP contribution < -0.4 is 0 Å². The molecular weight excluding hydrogens is 414 g/mol. The van der Waals surface area contributed by atoms with E-state index in [1.54, 1.807) is 0 Å². The molecule has 0 saturated carbocycles. The molecule has 0 aliphatic heterocycles. The van der Waals surface area contributed by atoms with Gasteiger partial charge in [-0.15, -0.1) is 35.2 Å². The fourth-order valence-corrected chi connectivity index (χ4v) is 1.75. The molecule has 1 nitrogen and oxygen atoms in total. The molecule has 0 unspecified atom stereocenters. The number of rotatable bonds is 0. The molecule has 154 valence electrons. The van der Waals surface area contributed by atoms with Crippen LogP contribution in [-0.2, 0) is 21.7 Å². The third-order valence-corrected chi connectivity index (χ3v) is 2.76. The van der Waals surface area contributed by atoms with Gasteiger partial charge in [-0.2, -0.15) is 90.3 Å². The average Bonchev–Trinajstić information content (AvgIpc) is 3.20. The van der Waals surface area contributed by atoms with E-state index < -0.39 is 0 Å². The van der Waals surface area contributed by atoms with Crippen molar-refractivity contribution in [2.45, 2.75) is 39.4 Å². The predicted octanol–water partition coefficient (Wildman–Crippen LogP) is 8.15. The van der Waals surface area contributed by atoms with Gasteiger partial charge in [0, 0.05) is 9.52 Å². The van der Waals surface area contributed by atoms with Gasteiger partial charge in [-0.3, -0.25) is 0 Å². The summed E-state index contributed by atoms with van der Waals surface area (Å²) in [7, 11) is 1.08. The first-order valence-electron chi connectivity index (χ1n) is 9.64. The van der Waals surface area contributed by atoms with Crippen LogP contribution in [0.1, 0.15) is 20.8 Å². The van der Waals surface area contributed by atoms with Crippen LogP contribution in [0.15, 0.2) is 103 Å². The fraction of sp³-hybridized carbons (Fsp3) is 0.222. The maximum Gasteiger partial charge on any atom is 4.00 e. The molecule has 4 aromatic carbocycles. The summed E-state index contributed by atoms with van der Waals surface area (Å²) >= 11 is 0. The van der Waals surface area contributed by atoms with Crippen LogP contribution in [0.25, 0.3) is 16.5 Å². The largest absolute Gasteiger partial charge is 4.00 e. The predicted molar refractivity (Wildman–Crippen MR) is 132 cm³/mol. The van der Waals surface area contributed by atoms with E-state index in [1.807, 2.05) is 81.4 Å². The van der Waals surface area contributed by atoms with Crippen LogP contribution in [0, 0.1) is 12.1 Å². The van der Waals surface area contributed by atoms with E-state index in [-0.39, 0.29) is 27.3 Å². The molecule has 0 aliphatic rings. The molecule has 4 aromatic rings. The average molecular weight is 448 g/mol. The van der Waals surface area contributed by atoms with Gasteiger partial charge in [0.15, 0.2) is 0 Å².